The number of hydrogen-bond acceptors (Lipinski definition) is 8. The van der Waals surface area contributed by atoms with E-state index in [1.54, 1.807) is 18.3 Å². The first-order valence-corrected chi connectivity index (χ1v) is 13.4. The lowest BCUT2D eigenvalue weighted by Gasteiger charge is -2.30. The van der Waals surface area contributed by atoms with E-state index in [0.717, 1.165) is 42.0 Å². The number of hydrogen-bond donors (Lipinski definition) is 2. The third-order valence-corrected chi connectivity index (χ3v) is 7.80. The summed E-state index contributed by atoms with van der Waals surface area (Å²) in [5.74, 6) is 2.22. The summed E-state index contributed by atoms with van der Waals surface area (Å²) in [6.07, 6.45) is 5.35. The van der Waals surface area contributed by atoms with Gasteiger partial charge in [0.05, 0.1) is 11.8 Å². The van der Waals surface area contributed by atoms with Gasteiger partial charge in [-0.2, -0.15) is 0 Å². The van der Waals surface area contributed by atoms with E-state index in [0.29, 0.717) is 17.8 Å². The van der Waals surface area contributed by atoms with Crippen molar-refractivity contribution in [3.8, 4) is 17.1 Å². The molecule has 2 atom stereocenters. The number of nitrogen functional groups attached to an aromatic ring is 1. The fourth-order valence-corrected chi connectivity index (χ4v) is 5.86. The number of pyridine rings is 3. The molecule has 0 radical (unpaired) electrons. The molecular formula is C25H30N6O3S. The molecule has 4 heterocycles. The minimum atomic E-state index is -3.82. The topological polar surface area (TPSA) is 123 Å². The van der Waals surface area contributed by atoms with Gasteiger partial charge in [-0.15, -0.1) is 0 Å². The molecule has 2 fully saturated rings. The number of nitrogens with two attached hydrogens (primary N) is 1. The van der Waals surface area contributed by atoms with Crippen LogP contribution >= 0.6 is 0 Å². The molecule has 2 unspecified atom stereocenters. The highest BCUT2D eigenvalue weighted by atomic mass is 32.2. The second kappa shape index (κ2) is 9.43. The van der Waals surface area contributed by atoms with Crippen LogP contribution in [0.4, 0.5) is 11.6 Å². The molecule has 184 valence electrons. The number of fused-ring (bicyclic) bond motifs is 2. The van der Waals surface area contributed by atoms with Gasteiger partial charge in [0.25, 0.3) is 10.0 Å². The third kappa shape index (κ3) is 5.08. The number of piperidine rings is 1. The van der Waals surface area contributed by atoms with Crippen molar-refractivity contribution in [1.82, 2.24) is 19.7 Å². The van der Waals surface area contributed by atoms with E-state index in [2.05, 4.69) is 19.6 Å². The predicted molar refractivity (Wildman–Crippen MR) is 134 cm³/mol. The number of rotatable bonds is 8. The summed E-state index contributed by atoms with van der Waals surface area (Å²) >= 11 is 0. The van der Waals surface area contributed by atoms with Gasteiger partial charge >= 0.3 is 0 Å². The Labute approximate surface area is 205 Å². The largest absolute Gasteiger partial charge is 0.475 e. The number of nitrogens with zero attached hydrogens (tertiary/aromatic N) is 4. The van der Waals surface area contributed by atoms with Crippen molar-refractivity contribution in [3.63, 3.8) is 0 Å². The molecule has 10 heteroatoms. The molecule has 35 heavy (non-hydrogen) atoms. The molecule has 1 aliphatic carbocycles. The number of anilines is 2. The Bertz CT molecular complexity index is 1310. The van der Waals surface area contributed by atoms with Crippen molar-refractivity contribution in [2.75, 3.05) is 17.2 Å². The van der Waals surface area contributed by atoms with E-state index in [-0.39, 0.29) is 23.5 Å². The lowest BCUT2D eigenvalue weighted by atomic mass is 10.1. The molecule has 1 aliphatic heterocycles. The van der Waals surface area contributed by atoms with Gasteiger partial charge in [-0.1, -0.05) is 12.1 Å². The zero-order valence-corrected chi connectivity index (χ0v) is 20.7. The third-order valence-electron chi connectivity index (χ3n) is 6.50. The van der Waals surface area contributed by atoms with Gasteiger partial charge in [0, 0.05) is 42.5 Å². The number of sulfonamides is 1. The first-order valence-electron chi connectivity index (χ1n) is 11.9. The van der Waals surface area contributed by atoms with Gasteiger partial charge in [-0.3, -0.25) is 0 Å². The van der Waals surface area contributed by atoms with Crippen LogP contribution < -0.4 is 20.1 Å². The monoisotopic (exact) mass is 494 g/mol. The Kier molecular flexibility index (Phi) is 6.33. The van der Waals surface area contributed by atoms with Crippen molar-refractivity contribution in [3.05, 3.63) is 54.2 Å². The van der Waals surface area contributed by atoms with Gasteiger partial charge in [-0.25, -0.2) is 28.1 Å². The predicted octanol–water partition coefficient (Wildman–Crippen LogP) is 3.38. The first-order chi connectivity index (χ1) is 16.8. The fourth-order valence-electron chi connectivity index (χ4n) is 4.88. The summed E-state index contributed by atoms with van der Waals surface area (Å²) in [6, 6.07) is 12.6. The van der Waals surface area contributed by atoms with Crippen molar-refractivity contribution in [2.24, 2.45) is 5.92 Å². The molecule has 9 nitrogen and oxygen atoms in total. The molecular weight excluding hydrogens is 464 g/mol. The second-order valence-electron chi connectivity index (χ2n) is 9.44. The van der Waals surface area contributed by atoms with E-state index in [4.69, 9.17) is 15.5 Å². The molecule has 2 aliphatic rings. The second-order valence-corrected chi connectivity index (χ2v) is 11.2. The summed E-state index contributed by atoms with van der Waals surface area (Å²) in [4.78, 5) is 15.7. The van der Waals surface area contributed by atoms with Crippen molar-refractivity contribution in [1.29, 1.82) is 0 Å². The molecule has 3 aromatic heterocycles. The standard InChI is InChI=1S/C25H30N6O3S/c1-16(2)34-23-11-8-18(13-27-23)21-10-7-19(25(29-21)31-15-17-6-9-20(31)12-17)14-28-35(32,33)24-5-3-4-22(26)30-24/h3-5,7-8,10-11,13,16-17,20,28H,6,9,12,14-15H2,1-2H3,(H2,26,30). The highest BCUT2D eigenvalue weighted by Crippen LogP contribution is 2.41. The summed E-state index contributed by atoms with van der Waals surface area (Å²) in [5.41, 5.74) is 8.16. The lowest BCUT2D eigenvalue weighted by Crippen LogP contribution is -2.34. The molecule has 2 bridgehead atoms. The first kappa shape index (κ1) is 23.5. The SMILES string of the molecule is CC(C)Oc1ccc(-c2ccc(CNS(=O)(=O)c3cccc(N)n3)c(N3CC4CCC3C4)n2)cn1. The van der Waals surface area contributed by atoms with Gasteiger partial charge in [-0.05, 0) is 63.3 Å². The van der Waals surface area contributed by atoms with Gasteiger partial charge in [0.1, 0.15) is 11.6 Å². The van der Waals surface area contributed by atoms with Crippen LogP contribution in [0.25, 0.3) is 11.3 Å². The van der Waals surface area contributed by atoms with E-state index in [1.165, 1.54) is 12.5 Å². The van der Waals surface area contributed by atoms with E-state index in [1.807, 2.05) is 38.1 Å². The van der Waals surface area contributed by atoms with Gasteiger partial charge in [0.15, 0.2) is 5.03 Å². The van der Waals surface area contributed by atoms with Gasteiger partial charge in [0.2, 0.25) is 5.88 Å². The summed E-state index contributed by atoms with van der Waals surface area (Å²) in [6.45, 7) is 4.97. The normalized spacial score (nSPS) is 19.5. The zero-order chi connectivity index (χ0) is 24.6. The van der Waals surface area contributed by atoms with E-state index >= 15 is 0 Å². The quantitative estimate of drug-likeness (QED) is 0.489. The van der Waals surface area contributed by atoms with Crippen LogP contribution in [0.15, 0.2) is 53.7 Å². The molecule has 5 rings (SSSR count). The fraction of sp³-hybridized carbons (Fsp3) is 0.400. The minimum absolute atomic E-state index is 0.0502. The van der Waals surface area contributed by atoms with Crippen LogP contribution in [0.2, 0.25) is 0 Å². The molecule has 1 saturated heterocycles. The van der Waals surface area contributed by atoms with Gasteiger partial charge < -0.3 is 15.4 Å². The van der Waals surface area contributed by atoms with Crippen LogP contribution in [0, 0.1) is 5.92 Å². The Balaban J connectivity index is 1.43. The maximum absolute atomic E-state index is 12.8. The van der Waals surface area contributed by atoms with E-state index in [9.17, 15) is 8.42 Å². The molecule has 3 N–H and O–H groups in total. The van der Waals surface area contributed by atoms with Crippen molar-refractivity contribution >= 4 is 21.7 Å². The van der Waals surface area contributed by atoms with Crippen LogP contribution in [0.3, 0.4) is 0 Å². The van der Waals surface area contributed by atoms with Crippen molar-refractivity contribution < 1.29 is 13.2 Å². The highest BCUT2D eigenvalue weighted by Gasteiger charge is 2.39. The molecule has 0 spiro atoms. The Hall–Kier alpha value is -3.24. The maximum Gasteiger partial charge on any atom is 0.258 e. The number of aromatic nitrogens is 3. The molecule has 3 aromatic rings. The molecule has 0 amide bonds. The van der Waals surface area contributed by atoms with E-state index < -0.39 is 10.0 Å². The number of ether oxygens (including phenoxy) is 1. The summed E-state index contributed by atoms with van der Waals surface area (Å²) < 4.78 is 34.0. The average Bonchev–Trinajstić information content (AvgIpc) is 3.47. The highest BCUT2D eigenvalue weighted by molar-refractivity contribution is 7.89. The Morgan fingerprint density at radius 3 is 2.66 bits per heavy atom. The smallest absolute Gasteiger partial charge is 0.258 e. The van der Waals surface area contributed by atoms with Crippen LogP contribution in [0.5, 0.6) is 5.88 Å². The van der Waals surface area contributed by atoms with Crippen molar-refractivity contribution in [2.45, 2.75) is 56.8 Å². The maximum atomic E-state index is 12.8. The molecule has 1 saturated carbocycles. The lowest BCUT2D eigenvalue weighted by molar-refractivity contribution is 0.232. The van der Waals surface area contributed by atoms with Crippen LogP contribution in [-0.2, 0) is 16.6 Å². The summed E-state index contributed by atoms with van der Waals surface area (Å²) in [5, 5.41) is -0.0985. The summed E-state index contributed by atoms with van der Waals surface area (Å²) in [7, 11) is -3.82. The zero-order valence-electron chi connectivity index (χ0n) is 19.9. The number of nitrogens with one attached hydrogen (secondary N) is 1. The van der Waals surface area contributed by atoms with Crippen LogP contribution in [-0.4, -0.2) is 42.1 Å². The van der Waals surface area contributed by atoms with Crippen LogP contribution in [0.1, 0.15) is 38.7 Å². The Morgan fingerprint density at radius 2 is 2.00 bits per heavy atom. The Morgan fingerprint density at radius 1 is 1.14 bits per heavy atom. The minimum Gasteiger partial charge on any atom is -0.475 e. The molecule has 0 aromatic carbocycles. The average molecular weight is 495 g/mol.